The van der Waals surface area contributed by atoms with E-state index in [1.165, 1.54) is 11.1 Å². The van der Waals surface area contributed by atoms with Gasteiger partial charge in [0, 0.05) is 31.1 Å². The molecule has 3 aromatic carbocycles. The van der Waals surface area contributed by atoms with Gasteiger partial charge < -0.3 is 14.2 Å². The Morgan fingerprint density at radius 3 is 2.60 bits per heavy atom. The minimum Gasteiger partial charge on any atom is -0.494 e. The minimum atomic E-state index is 0.0825. The summed E-state index contributed by atoms with van der Waals surface area (Å²) in [7, 11) is 0. The van der Waals surface area contributed by atoms with E-state index in [-0.39, 0.29) is 11.8 Å². The van der Waals surface area contributed by atoms with Crippen LogP contribution in [-0.2, 0) is 11.3 Å². The smallest absolute Gasteiger partial charge is 0.227 e. The summed E-state index contributed by atoms with van der Waals surface area (Å²) < 4.78 is 8.27. The van der Waals surface area contributed by atoms with Gasteiger partial charge in [0.25, 0.3) is 0 Å². The summed E-state index contributed by atoms with van der Waals surface area (Å²) in [5.74, 6) is 2.20. The summed E-state index contributed by atoms with van der Waals surface area (Å²) in [5, 5.41) is 0. The van der Waals surface area contributed by atoms with Crippen LogP contribution in [0.1, 0.15) is 47.7 Å². The van der Waals surface area contributed by atoms with Gasteiger partial charge in [0.05, 0.1) is 17.6 Å². The SMILES string of the molecule is Cc1cccc(OCCCCn2c([C@@H]3CC(=O)N(c4ccc(C)cc4C)C3)nc3ccccc32)c1. The number of anilines is 1. The van der Waals surface area contributed by atoms with E-state index in [0.29, 0.717) is 19.6 Å². The second kappa shape index (κ2) is 9.95. The molecule has 1 atom stereocenters. The molecule has 0 aliphatic carbocycles. The first-order valence-electron chi connectivity index (χ1n) is 12.5. The number of rotatable bonds is 8. The second-order valence-electron chi connectivity index (χ2n) is 9.68. The molecule has 1 fully saturated rings. The van der Waals surface area contributed by atoms with Crippen LogP contribution in [0.4, 0.5) is 5.69 Å². The number of aromatic nitrogens is 2. The van der Waals surface area contributed by atoms with E-state index >= 15 is 0 Å². The number of unbranched alkanes of at least 4 members (excludes halogenated alkanes) is 1. The van der Waals surface area contributed by atoms with Gasteiger partial charge in [-0.3, -0.25) is 4.79 Å². The number of amides is 1. The quantitative estimate of drug-likeness (QED) is 0.284. The van der Waals surface area contributed by atoms with Gasteiger partial charge in [-0.05, 0) is 75.1 Å². The lowest BCUT2D eigenvalue weighted by Crippen LogP contribution is -2.25. The maximum absolute atomic E-state index is 13.1. The third-order valence-corrected chi connectivity index (χ3v) is 6.85. The van der Waals surface area contributed by atoms with Crippen LogP contribution in [0, 0.1) is 20.8 Å². The number of hydrogen-bond acceptors (Lipinski definition) is 3. The van der Waals surface area contributed by atoms with Crippen molar-refractivity contribution in [2.24, 2.45) is 0 Å². The molecule has 1 aliphatic heterocycles. The van der Waals surface area contributed by atoms with Crippen LogP contribution >= 0.6 is 0 Å². The molecule has 4 aromatic rings. The molecule has 1 aromatic heterocycles. The molecule has 2 heterocycles. The molecule has 180 valence electrons. The first-order valence-corrected chi connectivity index (χ1v) is 12.5. The van der Waals surface area contributed by atoms with Crippen molar-refractivity contribution in [3.63, 3.8) is 0 Å². The summed E-state index contributed by atoms with van der Waals surface area (Å²) in [4.78, 5) is 20.0. The average molecular weight is 468 g/mol. The summed E-state index contributed by atoms with van der Waals surface area (Å²) in [5.41, 5.74) is 6.70. The summed E-state index contributed by atoms with van der Waals surface area (Å²) >= 11 is 0. The lowest BCUT2D eigenvalue weighted by Gasteiger charge is -2.20. The minimum absolute atomic E-state index is 0.0825. The highest BCUT2D eigenvalue weighted by molar-refractivity contribution is 5.97. The van der Waals surface area contributed by atoms with Crippen molar-refractivity contribution >= 4 is 22.6 Å². The van der Waals surface area contributed by atoms with E-state index in [1.807, 2.05) is 23.1 Å². The molecule has 0 spiro atoms. The summed E-state index contributed by atoms with van der Waals surface area (Å²) in [6.45, 7) is 8.46. The third-order valence-electron chi connectivity index (χ3n) is 6.85. The normalized spacial score (nSPS) is 15.8. The van der Waals surface area contributed by atoms with E-state index in [1.54, 1.807) is 0 Å². The molecular weight excluding hydrogens is 434 g/mol. The van der Waals surface area contributed by atoms with Crippen LogP contribution in [0.3, 0.4) is 0 Å². The maximum Gasteiger partial charge on any atom is 0.227 e. The van der Waals surface area contributed by atoms with Gasteiger partial charge in [0.1, 0.15) is 11.6 Å². The van der Waals surface area contributed by atoms with E-state index in [4.69, 9.17) is 9.72 Å². The van der Waals surface area contributed by atoms with Crippen molar-refractivity contribution in [1.29, 1.82) is 0 Å². The van der Waals surface area contributed by atoms with Gasteiger partial charge in [0.15, 0.2) is 0 Å². The Morgan fingerprint density at radius 2 is 1.77 bits per heavy atom. The first kappa shape index (κ1) is 23.2. The van der Waals surface area contributed by atoms with Gasteiger partial charge in [-0.1, -0.05) is 42.0 Å². The molecule has 0 radical (unpaired) electrons. The number of aryl methyl sites for hydroxylation is 4. The number of carbonyl (C=O) groups is 1. The number of fused-ring (bicyclic) bond motifs is 1. The fourth-order valence-corrected chi connectivity index (χ4v) is 5.13. The Morgan fingerprint density at radius 1 is 0.943 bits per heavy atom. The Labute approximate surface area is 207 Å². The highest BCUT2D eigenvalue weighted by Crippen LogP contribution is 2.35. The van der Waals surface area contributed by atoms with E-state index in [9.17, 15) is 4.79 Å². The maximum atomic E-state index is 13.1. The molecular formula is C30H33N3O2. The van der Waals surface area contributed by atoms with E-state index in [0.717, 1.165) is 53.2 Å². The molecule has 0 N–H and O–H groups in total. The highest BCUT2D eigenvalue weighted by Gasteiger charge is 2.35. The number of nitrogens with zero attached hydrogens (tertiary/aromatic N) is 3. The monoisotopic (exact) mass is 467 g/mol. The summed E-state index contributed by atoms with van der Waals surface area (Å²) in [6, 6.07) is 22.8. The topological polar surface area (TPSA) is 47.4 Å². The predicted octanol–water partition coefficient (Wildman–Crippen LogP) is 6.34. The zero-order chi connectivity index (χ0) is 24.4. The largest absolute Gasteiger partial charge is 0.494 e. The zero-order valence-electron chi connectivity index (χ0n) is 20.8. The highest BCUT2D eigenvalue weighted by atomic mass is 16.5. The fraction of sp³-hybridized carbons (Fsp3) is 0.333. The van der Waals surface area contributed by atoms with Crippen LogP contribution < -0.4 is 9.64 Å². The average Bonchev–Trinajstić information content (AvgIpc) is 3.39. The number of ether oxygens (including phenoxy) is 1. The van der Waals surface area contributed by atoms with Crippen molar-refractivity contribution in [1.82, 2.24) is 9.55 Å². The Kier molecular flexibility index (Phi) is 6.58. The van der Waals surface area contributed by atoms with Crippen LogP contribution in [0.15, 0.2) is 66.7 Å². The molecule has 35 heavy (non-hydrogen) atoms. The predicted molar refractivity (Wildman–Crippen MR) is 141 cm³/mol. The lowest BCUT2D eigenvalue weighted by molar-refractivity contribution is -0.117. The molecule has 5 nitrogen and oxygen atoms in total. The van der Waals surface area contributed by atoms with E-state index in [2.05, 4.69) is 73.9 Å². The number of benzene rings is 3. The van der Waals surface area contributed by atoms with Crippen LogP contribution in [-0.4, -0.2) is 28.6 Å². The Hall–Kier alpha value is -3.60. The molecule has 0 saturated carbocycles. The number of carbonyl (C=O) groups excluding carboxylic acids is 1. The standard InChI is InChI=1S/C30H33N3O2/c1-21-9-8-10-25(18-21)35-16-7-6-15-32-28-12-5-4-11-26(28)31-30(32)24-19-29(34)33(20-24)27-14-13-22(2)17-23(27)3/h4-5,8-14,17-18,24H,6-7,15-16,19-20H2,1-3H3/t24-/m1/s1. The van der Waals surface area contributed by atoms with Gasteiger partial charge in [-0.2, -0.15) is 0 Å². The number of hydrogen-bond donors (Lipinski definition) is 0. The van der Waals surface area contributed by atoms with Gasteiger partial charge >= 0.3 is 0 Å². The van der Waals surface area contributed by atoms with E-state index < -0.39 is 0 Å². The third kappa shape index (κ3) is 4.95. The van der Waals surface area contributed by atoms with Gasteiger partial charge in [-0.25, -0.2) is 4.98 Å². The molecule has 0 unspecified atom stereocenters. The first-order chi connectivity index (χ1) is 17.0. The lowest BCUT2D eigenvalue weighted by atomic mass is 10.1. The molecule has 0 bridgehead atoms. The van der Waals surface area contributed by atoms with Crippen LogP contribution in [0.2, 0.25) is 0 Å². The zero-order valence-corrected chi connectivity index (χ0v) is 20.8. The van der Waals surface area contributed by atoms with Crippen molar-refractivity contribution in [2.75, 3.05) is 18.1 Å². The van der Waals surface area contributed by atoms with Crippen LogP contribution in [0.5, 0.6) is 5.75 Å². The Bertz CT molecular complexity index is 1360. The Balaban J connectivity index is 1.31. The van der Waals surface area contributed by atoms with Gasteiger partial charge in [-0.15, -0.1) is 0 Å². The molecule has 1 amide bonds. The molecule has 5 rings (SSSR count). The number of imidazole rings is 1. The van der Waals surface area contributed by atoms with Crippen molar-refractivity contribution < 1.29 is 9.53 Å². The molecule has 1 aliphatic rings. The van der Waals surface area contributed by atoms with Crippen LogP contribution in [0.25, 0.3) is 11.0 Å². The molecule has 5 heteroatoms. The number of para-hydroxylation sites is 2. The second-order valence-corrected chi connectivity index (χ2v) is 9.68. The van der Waals surface area contributed by atoms with Gasteiger partial charge in [0.2, 0.25) is 5.91 Å². The van der Waals surface area contributed by atoms with Crippen molar-refractivity contribution in [2.45, 2.75) is 52.5 Å². The summed E-state index contributed by atoms with van der Waals surface area (Å²) in [6.07, 6.45) is 2.44. The van der Waals surface area contributed by atoms with Crippen molar-refractivity contribution in [3.05, 3.63) is 89.2 Å². The fourth-order valence-electron chi connectivity index (χ4n) is 5.13. The van der Waals surface area contributed by atoms with Crippen molar-refractivity contribution in [3.8, 4) is 5.75 Å². The molecule has 1 saturated heterocycles.